The fourth-order valence-electron chi connectivity index (χ4n) is 1.95. The van der Waals surface area contributed by atoms with Gasteiger partial charge in [-0.2, -0.15) is 0 Å². The molecule has 7 heteroatoms. The smallest absolute Gasteiger partial charge is 0.311 e. The van der Waals surface area contributed by atoms with Crippen molar-refractivity contribution in [2.24, 2.45) is 5.92 Å². The molecule has 0 aliphatic carbocycles. The minimum atomic E-state index is -0.571. The van der Waals surface area contributed by atoms with Crippen LogP contribution in [0.1, 0.15) is 26.7 Å². The van der Waals surface area contributed by atoms with Gasteiger partial charge in [0.2, 0.25) is 5.82 Å². The molecule has 19 heavy (non-hydrogen) atoms. The number of nitrogens with zero attached hydrogens (tertiary/aromatic N) is 2. The van der Waals surface area contributed by atoms with Crippen LogP contribution in [-0.4, -0.2) is 27.7 Å². The SMILES string of the molecule is CCC(CC)C(O)CNc1nc(N)ccc1[N+](=O)[O-]. The van der Waals surface area contributed by atoms with Gasteiger partial charge in [-0.3, -0.25) is 10.1 Å². The predicted molar refractivity (Wildman–Crippen MR) is 73.9 cm³/mol. The largest absolute Gasteiger partial charge is 0.391 e. The number of hydrogen-bond donors (Lipinski definition) is 3. The molecule has 0 aliphatic rings. The number of hydrogen-bond acceptors (Lipinski definition) is 6. The van der Waals surface area contributed by atoms with Gasteiger partial charge in [0.15, 0.2) is 0 Å². The molecule has 106 valence electrons. The number of nitrogens with one attached hydrogen (secondary N) is 1. The lowest BCUT2D eigenvalue weighted by Crippen LogP contribution is -2.28. The van der Waals surface area contributed by atoms with E-state index in [-0.39, 0.29) is 29.8 Å². The average molecular weight is 268 g/mol. The van der Waals surface area contributed by atoms with Gasteiger partial charge in [-0.05, 0) is 12.0 Å². The highest BCUT2D eigenvalue weighted by atomic mass is 16.6. The summed E-state index contributed by atoms with van der Waals surface area (Å²) in [6.07, 6.45) is 1.13. The Morgan fingerprint density at radius 3 is 2.63 bits per heavy atom. The first-order valence-electron chi connectivity index (χ1n) is 6.32. The monoisotopic (exact) mass is 268 g/mol. The maximum Gasteiger partial charge on any atom is 0.311 e. The van der Waals surface area contributed by atoms with Crippen molar-refractivity contribution in [3.63, 3.8) is 0 Å². The molecule has 0 fully saturated rings. The van der Waals surface area contributed by atoms with Gasteiger partial charge in [0.1, 0.15) is 5.82 Å². The summed E-state index contributed by atoms with van der Waals surface area (Å²) in [7, 11) is 0. The van der Waals surface area contributed by atoms with E-state index in [1.165, 1.54) is 12.1 Å². The molecular weight excluding hydrogens is 248 g/mol. The Hall–Kier alpha value is -1.89. The number of nitrogens with two attached hydrogens (primary N) is 1. The minimum absolute atomic E-state index is 0.0926. The lowest BCUT2D eigenvalue weighted by molar-refractivity contribution is -0.384. The first kappa shape index (κ1) is 15.2. The molecule has 1 unspecified atom stereocenters. The number of aliphatic hydroxyl groups excluding tert-OH is 1. The second-order valence-corrected chi connectivity index (χ2v) is 4.39. The number of nitro groups is 1. The van der Waals surface area contributed by atoms with Crippen LogP contribution in [0.5, 0.6) is 0 Å². The number of anilines is 2. The molecule has 1 aromatic heterocycles. The van der Waals surface area contributed by atoms with Gasteiger partial charge in [0.05, 0.1) is 11.0 Å². The third kappa shape index (κ3) is 4.06. The fraction of sp³-hybridized carbons (Fsp3) is 0.583. The Balaban J connectivity index is 2.76. The molecule has 1 heterocycles. The van der Waals surface area contributed by atoms with Crippen LogP contribution in [0, 0.1) is 16.0 Å². The Labute approximate surface area is 112 Å². The second kappa shape index (κ2) is 6.89. The van der Waals surface area contributed by atoms with E-state index >= 15 is 0 Å². The first-order chi connectivity index (χ1) is 8.99. The Morgan fingerprint density at radius 1 is 1.47 bits per heavy atom. The minimum Gasteiger partial charge on any atom is -0.391 e. The molecule has 0 aliphatic heterocycles. The van der Waals surface area contributed by atoms with Gasteiger partial charge >= 0.3 is 5.69 Å². The van der Waals surface area contributed by atoms with E-state index in [0.717, 1.165) is 12.8 Å². The van der Waals surface area contributed by atoms with E-state index in [4.69, 9.17) is 5.73 Å². The zero-order chi connectivity index (χ0) is 14.4. The second-order valence-electron chi connectivity index (χ2n) is 4.39. The molecule has 4 N–H and O–H groups in total. The van der Waals surface area contributed by atoms with Crippen LogP contribution in [0.3, 0.4) is 0 Å². The summed E-state index contributed by atoms with van der Waals surface area (Å²) in [4.78, 5) is 14.2. The Bertz CT molecular complexity index is 435. The molecule has 1 aromatic rings. The van der Waals surface area contributed by atoms with E-state index in [1.54, 1.807) is 0 Å². The third-order valence-corrected chi connectivity index (χ3v) is 3.16. The third-order valence-electron chi connectivity index (χ3n) is 3.16. The van der Waals surface area contributed by atoms with Crippen molar-refractivity contribution in [3.8, 4) is 0 Å². The summed E-state index contributed by atoms with van der Waals surface area (Å²) in [5, 5.41) is 23.6. The summed E-state index contributed by atoms with van der Waals surface area (Å²) in [5.41, 5.74) is 5.36. The average Bonchev–Trinajstić information content (AvgIpc) is 2.37. The zero-order valence-electron chi connectivity index (χ0n) is 11.2. The van der Waals surface area contributed by atoms with E-state index < -0.39 is 11.0 Å². The number of rotatable bonds is 7. The van der Waals surface area contributed by atoms with Gasteiger partial charge < -0.3 is 16.2 Å². The van der Waals surface area contributed by atoms with Gasteiger partial charge in [0.25, 0.3) is 0 Å². The van der Waals surface area contributed by atoms with E-state index in [2.05, 4.69) is 10.3 Å². The number of aromatic nitrogens is 1. The molecule has 0 bridgehead atoms. The van der Waals surface area contributed by atoms with Crippen molar-refractivity contribution in [1.82, 2.24) is 4.98 Å². The van der Waals surface area contributed by atoms with Gasteiger partial charge in [-0.15, -0.1) is 0 Å². The van der Waals surface area contributed by atoms with E-state index in [0.29, 0.717) is 0 Å². The van der Waals surface area contributed by atoms with E-state index in [9.17, 15) is 15.2 Å². The summed E-state index contributed by atoms with van der Waals surface area (Å²) in [6, 6.07) is 2.68. The highest BCUT2D eigenvalue weighted by Crippen LogP contribution is 2.23. The standard InChI is InChI=1S/C12H20N4O3/c1-3-8(4-2)10(17)7-14-12-9(16(18)19)5-6-11(13)15-12/h5-6,8,10,17H,3-4,7H2,1-2H3,(H3,13,14,15). The molecule has 1 atom stereocenters. The lowest BCUT2D eigenvalue weighted by atomic mass is 9.96. The summed E-state index contributed by atoms with van der Waals surface area (Å²) >= 11 is 0. The van der Waals surface area contributed by atoms with Gasteiger partial charge in [-0.1, -0.05) is 26.7 Å². The quantitative estimate of drug-likeness (QED) is 0.513. The van der Waals surface area contributed by atoms with Crippen LogP contribution < -0.4 is 11.1 Å². The fourth-order valence-corrected chi connectivity index (χ4v) is 1.95. The summed E-state index contributed by atoms with van der Waals surface area (Å²) in [5.74, 6) is 0.452. The van der Waals surface area contributed by atoms with Crippen LogP contribution in [0.2, 0.25) is 0 Å². The molecule has 0 saturated heterocycles. The maximum absolute atomic E-state index is 10.8. The van der Waals surface area contributed by atoms with E-state index in [1.807, 2.05) is 13.8 Å². The highest BCUT2D eigenvalue weighted by Gasteiger charge is 2.19. The summed E-state index contributed by atoms with van der Waals surface area (Å²) < 4.78 is 0. The summed E-state index contributed by atoms with van der Waals surface area (Å²) in [6.45, 7) is 4.21. The molecule has 1 rings (SSSR count). The van der Waals surface area contributed by atoms with Crippen molar-refractivity contribution in [2.75, 3.05) is 17.6 Å². The molecule has 0 radical (unpaired) electrons. The topological polar surface area (TPSA) is 114 Å². The first-order valence-corrected chi connectivity index (χ1v) is 6.32. The molecule has 0 saturated carbocycles. The normalized spacial score (nSPS) is 12.4. The van der Waals surface area contributed by atoms with Crippen molar-refractivity contribution < 1.29 is 10.0 Å². The van der Waals surface area contributed by atoms with Crippen molar-refractivity contribution in [2.45, 2.75) is 32.8 Å². The van der Waals surface area contributed by atoms with Crippen molar-refractivity contribution in [3.05, 3.63) is 22.2 Å². The number of pyridine rings is 1. The predicted octanol–water partition coefficient (Wildman–Crippen LogP) is 1.78. The highest BCUT2D eigenvalue weighted by molar-refractivity contribution is 5.59. The van der Waals surface area contributed by atoms with Crippen LogP contribution in [-0.2, 0) is 0 Å². The molecule has 0 spiro atoms. The van der Waals surface area contributed by atoms with Gasteiger partial charge in [0, 0.05) is 12.6 Å². The van der Waals surface area contributed by atoms with Gasteiger partial charge in [-0.25, -0.2) is 4.98 Å². The zero-order valence-corrected chi connectivity index (χ0v) is 11.2. The van der Waals surface area contributed by atoms with Crippen LogP contribution in [0.15, 0.2) is 12.1 Å². The van der Waals surface area contributed by atoms with Crippen LogP contribution in [0.25, 0.3) is 0 Å². The molecular formula is C12H20N4O3. The molecule has 0 amide bonds. The maximum atomic E-state index is 10.8. The Morgan fingerprint density at radius 2 is 2.11 bits per heavy atom. The van der Waals surface area contributed by atoms with Crippen LogP contribution in [0.4, 0.5) is 17.3 Å². The molecule has 7 nitrogen and oxygen atoms in total. The van der Waals surface area contributed by atoms with Crippen LogP contribution >= 0.6 is 0 Å². The number of nitrogen functional groups attached to an aromatic ring is 1. The lowest BCUT2D eigenvalue weighted by Gasteiger charge is -2.20. The van der Waals surface area contributed by atoms with Crippen molar-refractivity contribution >= 4 is 17.3 Å². The molecule has 0 aromatic carbocycles. The number of aliphatic hydroxyl groups is 1. The van der Waals surface area contributed by atoms with Crippen molar-refractivity contribution in [1.29, 1.82) is 0 Å². The Kier molecular flexibility index (Phi) is 5.50.